The number of hydrogen-bond donors (Lipinski definition) is 2. The first-order chi connectivity index (χ1) is 16.5. The van der Waals surface area contributed by atoms with Crippen LogP contribution < -0.4 is 15.4 Å². The van der Waals surface area contributed by atoms with E-state index >= 15 is 0 Å². The number of anilines is 2. The van der Waals surface area contributed by atoms with E-state index in [1.54, 1.807) is 42.5 Å². The van der Waals surface area contributed by atoms with E-state index in [0.29, 0.717) is 22.1 Å². The highest BCUT2D eigenvalue weighted by molar-refractivity contribution is 8.00. The third-order valence-electron chi connectivity index (χ3n) is 4.87. The second kappa shape index (κ2) is 11.0. The van der Waals surface area contributed by atoms with Crippen molar-refractivity contribution in [1.29, 1.82) is 0 Å². The van der Waals surface area contributed by atoms with Crippen molar-refractivity contribution in [2.24, 2.45) is 0 Å². The van der Waals surface area contributed by atoms with Gasteiger partial charge in [-0.25, -0.2) is 0 Å². The number of methoxy groups -OCH3 is 1. The quantitative estimate of drug-likeness (QED) is 0.268. The van der Waals surface area contributed by atoms with Crippen LogP contribution in [0.25, 0.3) is 0 Å². The molecule has 2 N–H and O–H groups in total. The lowest BCUT2D eigenvalue weighted by molar-refractivity contribution is -0.115. The van der Waals surface area contributed by atoms with Crippen molar-refractivity contribution in [1.82, 2.24) is 0 Å². The molecular weight excluding hydrogens is 472 g/mol. The number of amides is 2. The Bertz CT molecular complexity index is 1260. The molecule has 0 spiro atoms. The number of rotatable bonds is 8. The largest absolute Gasteiger partial charge is 0.495 e. The van der Waals surface area contributed by atoms with Crippen molar-refractivity contribution in [3.63, 3.8) is 0 Å². The van der Waals surface area contributed by atoms with Crippen LogP contribution in [-0.4, -0.2) is 18.9 Å². The maximum Gasteiger partial charge on any atom is 0.291 e. The van der Waals surface area contributed by atoms with Gasteiger partial charge >= 0.3 is 0 Å². The number of nitrogens with one attached hydrogen (secondary N) is 2. The average Bonchev–Trinajstić information content (AvgIpc) is 3.39. The molecule has 4 rings (SSSR count). The summed E-state index contributed by atoms with van der Waals surface area (Å²) in [5, 5.41) is 5.68. The molecule has 0 radical (unpaired) electrons. The van der Waals surface area contributed by atoms with Crippen LogP contribution >= 0.6 is 23.4 Å². The van der Waals surface area contributed by atoms with Gasteiger partial charge in [0.1, 0.15) is 11.0 Å². The lowest BCUT2D eigenvalue weighted by atomic mass is 10.1. The SMILES string of the molecule is COc1ccc(Cl)cc1NC(=O)C(Sc1ccc(NC(=O)c2ccco2)cc1)c1ccccc1. The van der Waals surface area contributed by atoms with Gasteiger partial charge in [-0.15, -0.1) is 11.8 Å². The summed E-state index contributed by atoms with van der Waals surface area (Å²) in [4.78, 5) is 26.4. The third kappa shape index (κ3) is 5.81. The number of thioether (sulfide) groups is 1. The molecule has 6 nitrogen and oxygen atoms in total. The van der Waals surface area contributed by atoms with Crippen LogP contribution in [0.1, 0.15) is 21.4 Å². The molecule has 3 aromatic carbocycles. The molecule has 0 aliphatic rings. The van der Waals surface area contributed by atoms with Crippen LogP contribution in [0.3, 0.4) is 0 Å². The predicted molar refractivity (Wildman–Crippen MR) is 135 cm³/mol. The molecule has 0 saturated heterocycles. The van der Waals surface area contributed by atoms with Gasteiger partial charge in [-0.1, -0.05) is 41.9 Å². The van der Waals surface area contributed by atoms with Crippen molar-refractivity contribution in [2.45, 2.75) is 10.1 Å². The molecule has 0 fully saturated rings. The van der Waals surface area contributed by atoms with Gasteiger partial charge in [-0.05, 0) is 60.2 Å². The summed E-state index contributed by atoms with van der Waals surface area (Å²) in [6.07, 6.45) is 1.45. The van der Waals surface area contributed by atoms with Gasteiger partial charge in [0.2, 0.25) is 5.91 Å². The fourth-order valence-corrected chi connectivity index (χ4v) is 4.43. The number of halogens is 1. The molecule has 34 heavy (non-hydrogen) atoms. The zero-order valence-electron chi connectivity index (χ0n) is 18.2. The maximum atomic E-state index is 13.3. The molecule has 4 aromatic rings. The standard InChI is InChI=1S/C26H21ClN2O4S/c1-32-22-14-9-18(27)16-21(22)29-26(31)24(17-6-3-2-4-7-17)34-20-12-10-19(11-13-20)28-25(30)23-8-5-15-33-23/h2-16,24H,1H3,(H,28,30)(H,29,31). The van der Waals surface area contributed by atoms with Crippen molar-refractivity contribution in [3.8, 4) is 5.75 Å². The van der Waals surface area contributed by atoms with Crippen molar-refractivity contribution >= 4 is 46.6 Å². The number of furan rings is 1. The average molecular weight is 493 g/mol. The van der Waals surface area contributed by atoms with E-state index in [-0.39, 0.29) is 17.6 Å². The van der Waals surface area contributed by atoms with E-state index in [2.05, 4.69) is 10.6 Å². The molecule has 2 amide bonds. The molecule has 0 bridgehead atoms. The van der Waals surface area contributed by atoms with Crippen LogP contribution in [-0.2, 0) is 4.79 Å². The first-order valence-electron chi connectivity index (χ1n) is 10.3. The Morgan fingerprint density at radius 3 is 2.38 bits per heavy atom. The Hall–Kier alpha value is -3.68. The summed E-state index contributed by atoms with van der Waals surface area (Å²) in [7, 11) is 1.54. The van der Waals surface area contributed by atoms with Crippen LogP contribution in [0.2, 0.25) is 5.02 Å². The number of ether oxygens (including phenoxy) is 1. The highest BCUT2D eigenvalue weighted by atomic mass is 35.5. The molecule has 0 saturated carbocycles. The van der Waals surface area contributed by atoms with Gasteiger partial charge in [0.25, 0.3) is 5.91 Å². The lowest BCUT2D eigenvalue weighted by Crippen LogP contribution is -2.19. The van der Waals surface area contributed by atoms with Gasteiger partial charge in [0.05, 0.1) is 19.1 Å². The molecule has 1 unspecified atom stereocenters. The third-order valence-corrected chi connectivity index (χ3v) is 6.37. The van der Waals surface area contributed by atoms with E-state index < -0.39 is 5.25 Å². The molecule has 172 valence electrons. The summed E-state index contributed by atoms with van der Waals surface area (Å²) in [6, 6.07) is 25.1. The van der Waals surface area contributed by atoms with Crippen LogP contribution in [0.5, 0.6) is 5.75 Å². The summed E-state index contributed by atoms with van der Waals surface area (Å²) in [6.45, 7) is 0. The van der Waals surface area contributed by atoms with Gasteiger partial charge < -0.3 is 19.8 Å². The molecule has 1 aromatic heterocycles. The highest BCUT2D eigenvalue weighted by Crippen LogP contribution is 2.38. The van der Waals surface area contributed by atoms with Gasteiger partial charge in [0, 0.05) is 15.6 Å². The van der Waals surface area contributed by atoms with Crippen LogP contribution in [0, 0.1) is 0 Å². The summed E-state index contributed by atoms with van der Waals surface area (Å²) in [5.41, 5.74) is 1.97. The van der Waals surface area contributed by atoms with E-state index in [4.69, 9.17) is 20.8 Å². The fraction of sp³-hybridized carbons (Fsp3) is 0.0769. The Balaban J connectivity index is 1.52. The number of carbonyl (C=O) groups excluding carboxylic acids is 2. The highest BCUT2D eigenvalue weighted by Gasteiger charge is 2.23. The van der Waals surface area contributed by atoms with E-state index in [0.717, 1.165) is 10.5 Å². The van der Waals surface area contributed by atoms with Crippen molar-refractivity contribution in [3.05, 3.63) is 108 Å². The number of carbonyl (C=O) groups is 2. The fourth-order valence-electron chi connectivity index (χ4n) is 3.23. The Morgan fingerprint density at radius 2 is 1.71 bits per heavy atom. The topological polar surface area (TPSA) is 80.6 Å². The monoisotopic (exact) mass is 492 g/mol. The molecule has 0 aliphatic carbocycles. The first-order valence-corrected chi connectivity index (χ1v) is 11.6. The minimum absolute atomic E-state index is 0.216. The maximum absolute atomic E-state index is 13.3. The molecule has 8 heteroatoms. The lowest BCUT2D eigenvalue weighted by Gasteiger charge is -2.18. The zero-order valence-corrected chi connectivity index (χ0v) is 19.7. The molecule has 1 heterocycles. The Morgan fingerprint density at radius 1 is 0.941 bits per heavy atom. The summed E-state index contributed by atoms with van der Waals surface area (Å²) >= 11 is 7.51. The number of hydrogen-bond acceptors (Lipinski definition) is 5. The van der Waals surface area contributed by atoms with Gasteiger partial charge in [-0.2, -0.15) is 0 Å². The van der Waals surface area contributed by atoms with Crippen LogP contribution in [0.4, 0.5) is 11.4 Å². The second-order valence-electron chi connectivity index (χ2n) is 7.20. The van der Waals surface area contributed by atoms with E-state index in [1.807, 2.05) is 42.5 Å². The number of benzene rings is 3. The minimum atomic E-state index is -0.534. The normalized spacial score (nSPS) is 11.5. The summed E-state index contributed by atoms with van der Waals surface area (Å²) in [5.74, 6) is 0.205. The molecular formula is C26H21ClN2O4S. The Labute approximate surface area is 206 Å². The van der Waals surface area contributed by atoms with E-state index in [1.165, 1.54) is 25.1 Å². The molecule has 1 atom stereocenters. The first kappa shape index (κ1) is 23.5. The second-order valence-corrected chi connectivity index (χ2v) is 8.81. The smallest absolute Gasteiger partial charge is 0.291 e. The van der Waals surface area contributed by atoms with Crippen molar-refractivity contribution < 1.29 is 18.7 Å². The van der Waals surface area contributed by atoms with E-state index in [9.17, 15) is 9.59 Å². The van der Waals surface area contributed by atoms with Crippen molar-refractivity contribution in [2.75, 3.05) is 17.7 Å². The van der Waals surface area contributed by atoms with Gasteiger partial charge in [-0.3, -0.25) is 9.59 Å². The molecule has 0 aliphatic heterocycles. The summed E-state index contributed by atoms with van der Waals surface area (Å²) < 4.78 is 10.5. The predicted octanol–water partition coefficient (Wildman–Crippen LogP) is 6.67. The van der Waals surface area contributed by atoms with Crippen LogP contribution in [0.15, 0.2) is 101 Å². The minimum Gasteiger partial charge on any atom is -0.495 e. The zero-order chi connectivity index (χ0) is 23.9. The Kier molecular flexibility index (Phi) is 7.57. The van der Waals surface area contributed by atoms with Gasteiger partial charge in [0.15, 0.2) is 5.76 Å².